The summed E-state index contributed by atoms with van der Waals surface area (Å²) >= 11 is 0. The van der Waals surface area contributed by atoms with Crippen LogP contribution in [0.25, 0.3) is 0 Å². The van der Waals surface area contributed by atoms with Crippen LogP contribution in [0.5, 0.6) is 11.5 Å². The maximum Gasteiger partial charge on any atom is 0.251 e. The van der Waals surface area contributed by atoms with E-state index < -0.39 is 0 Å². The maximum atomic E-state index is 12.5. The van der Waals surface area contributed by atoms with E-state index >= 15 is 0 Å². The number of rotatable bonds is 6. The highest BCUT2D eigenvalue weighted by Crippen LogP contribution is 2.23. The van der Waals surface area contributed by atoms with Gasteiger partial charge in [-0.05, 0) is 36.6 Å². The van der Waals surface area contributed by atoms with Gasteiger partial charge in [0.25, 0.3) is 5.91 Å². The SMILES string of the molecule is COc1cc(OC)cc(C(=O)NCC(C)N2CCc3ccccc3C2)c1. The van der Waals surface area contributed by atoms with Crippen molar-refractivity contribution >= 4 is 5.91 Å². The molecule has 26 heavy (non-hydrogen) atoms. The van der Waals surface area contributed by atoms with E-state index in [1.807, 2.05) is 0 Å². The minimum atomic E-state index is -0.119. The van der Waals surface area contributed by atoms with Gasteiger partial charge >= 0.3 is 0 Å². The van der Waals surface area contributed by atoms with Crippen LogP contribution in [0.2, 0.25) is 0 Å². The second-order valence-corrected chi connectivity index (χ2v) is 6.65. The van der Waals surface area contributed by atoms with E-state index in [4.69, 9.17) is 9.47 Å². The fourth-order valence-corrected chi connectivity index (χ4v) is 3.30. The van der Waals surface area contributed by atoms with Crippen LogP contribution in [0.4, 0.5) is 0 Å². The molecule has 5 heteroatoms. The number of benzene rings is 2. The summed E-state index contributed by atoms with van der Waals surface area (Å²) in [5.41, 5.74) is 3.36. The van der Waals surface area contributed by atoms with Crippen molar-refractivity contribution in [3.63, 3.8) is 0 Å². The minimum absolute atomic E-state index is 0.119. The Labute approximate surface area is 154 Å². The van der Waals surface area contributed by atoms with Crippen molar-refractivity contribution in [1.82, 2.24) is 10.2 Å². The number of hydrogen-bond donors (Lipinski definition) is 1. The lowest BCUT2D eigenvalue weighted by atomic mass is 9.99. The number of fused-ring (bicyclic) bond motifs is 1. The molecule has 1 N–H and O–H groups in total. The van der Waals surface area contributed by atoms with Crippen molar-refractivity contribution in [1.29, 1.82) is 0 Å². The molecule has 1 atom stereocenters. The molecule has 0 bridgehead atoms. The van der Waals surface area contributed by atoms with Gasteiger partial charge < -0.3 is 14.8 Å². The topological polar surface area (TPSA) is 50.8 Å². The molecule has 1 heterocycles. The van der Waals surface area contributed by atoms with E-state index in [2.05, 4.69) is 41.4 Å². The molecule has 1 unspecified atom stereocenters. The van der Waals surface area contributed by atoms with Crippen LogP contribution >= 0.6 is 0 Å². The molecule has 3 rings (SSSR count). The molecule has 1 aliphatic heterocycles. The fourth-order valence-electron chi connectivity index (χ4n) is 3.30. The standard InChI is InChI=1S/C21H26N2O3/c1-15(23-9-8-16-6-4-5-7-17(16)14-23)13-22-21(24)18-10-19(25-2)12-20(11-18)26-3/h4-7,10-12,15H,8-9,13-14H2,1-3H3,(H,22,24). The smallest absolute Gasteiger partial charge is 0.251 e. The minimum Gasteiger partial charge on any atom is -0.497 e. The summed E-state index contributed by atoms with van der Waals surface area (Å²) in [4.78, 5) is 14.9. The Kier molecular flexibility index (Phi) is 5.78. The molecule has 0 aromatic heterocycles. The van der Waals surface area contributed by atoms with Gasteiger partial charge in [-0.2, -0.15) is 0 Å². The average Bonchev–Trinajstić information content (AvgIpc) is 2.70. The van der Waals surface area contributed by atoms with Gasteiger partial charge in [0, 0.05) is 37.3 Å². The molecule has 2 aromatic rings. The molecule has 1 amide bonds. The van der Waals surface area contributed by atoms with Crippen LogP contribution in [-0.2, 0) is 13.0 Å². The monoisotopic (exact) mass is 354 g/mol. The van der Waals surface area contributed by atoms with Crippen LogP contribution in [0.3, 0.4) is 0 Å². The van der Waals surface area contributed by atoms with E-state index in [0.717, 1.165) is 19.5 Å². The Balaban J connectivity index is 1.59. The second-order valence-electron chi connectivity index (χ2n) is 6.65. The van der Waals surface area contributed by atoms with Gasteiger partial charge in [0.2, 0.25) is 0 Å². The lowest BCUT2D eigenvalue weighted by molar-refractivity contribution is 0.0931. The van der Waals surface area contributed by atoms with Crippen molar-refractivity contribution in [2.45, 2.75) is 25.9 Å². The third-order valence-corrected chi connectivity index (χ3v) is 4.96. The van der Waals surface area contributed by atoms with Crippen LogP contribution in [0.1, 0.15) is 28.4 Å². The molecule has 0 radical (unpaired) electrons. The first-order valence-corrected chi connectivity index (χ1v) is 8.93. The molecular weight excluding hydrogens is 328 g/mol. The third-order valence-electron chi connectivity index (χ3n) is 4.96. The number of carbonyl (C=O) groups is 1. The van der Waals surface area contributed by atoms with E-state index in [9.17, 15) is 4.79 Å². The van der Waals surface area contributed by atoms with Crippen LogP contribution in [0.15, 0.2) is 42.5 Å². The molecule has 0 saturated carbocycles. The van der Waals surface area contributed by atoms with E-state index in [-0.39, 0.29) is 11.9 Å². The van der Waals surface area contributed by atoms with Gasteiger partial charge in [0.1, 0.15) is 11.5 Å². The molecule has 5 nitrogen and oxygen atoms in total. The molecule has 0 fully saturated rings. The summed E-state index contributed by atoms with van der Waals surface area (Å²) in [6.45, 7) is 4.70. The lowest BCUT2D eigenvalue weighted by Gasteiger charge is -2.33. The van der Waals surface area contributed by atoms with Crippen molar-refractivity contribution < 1.29 is 14.3 Å². The van der Waals surface area contributed by atoms with Crippen molar-refractivity contribution in [3.8, 4) is 11.5 Å². The van der Waals surface area contributed by atoms with Gasteiger partial charge in [-0.15, -0.1) is 0 Å². The summed E-state index contributed by atoms with van der Waals surface area (Å²) in [6, 6.07) is 14.0. The number of amides is 1. The zero-order chi connectivity index (χ0) is 18.5. The normalized spacial score (nSPS) is 15.0. The van der Waals surface area contributed by atoms with Gasteiger partial charge in [0.05, 0.1) is 14.2 Å². The van der Waals surface area contributed by atoms with Gasteiger partial charge in [0.15, 0.2) is 0 Å². The van der Waals surface area contributed by atoms with E-state index in [0.29, 0.717) is 23.6 Å². The van der Waals surface area contributed by atoms with Crippen LogP contribution in [-0.4, -0.2) is 44.2 Å². The summed E-state index contributed by atoms with van der Waals surface area (Å²) in [5.74, 6) is 1.09. The van der Waals surface area contributed by atoms with Crippen LogP contribution < -0.4 is 14.8 Å². The largest absolute Gasteiger partial charge is 0.497 e. The second kappa shape index (κ2) is 8.23. The Morgan fingerprint density at radius 3 is 2.42 bits per heavy atom. The fraction of sp³-hybridized carbons (Fsp3) is 0.381. The van der Waals surface area contributed by atoms with Crippen LogP contribution in [0, 0.1) is 0 Å². The number of hydrogen-bond acceptors (Lipinski definition) is 4. The van der Waals surface area contributed by atoms with Crippen molar-refractivity contribution in [3.05, 3.63) is 59.2 Å². The van der Waals surface area contributed by atoms with E-state index in [1.165, 1.54) is 11.1 Å². The summed E-state index contributed by atoms with van der Waals surface area (Å²) < 4.78 is 10.5. The lowest BCUT2D eigenvalue weighted by Crippen LogP contribution is -2.44. The number of nitrogens with one attached hydrogen (secondary N) is 1. The molecule has 2 aromatic carbocycles. The van der Waals surface area contributed by atoms with Gasteiger partial charge in [-0.3, -0.25) is 9.69 Å². The quantitative estimate of drug-likeness (QED) is 0.867. The first kappa shape index (κ1) is 18.3. The van der Waals surface area contributed by atoms with Gasteiger partial charge in [-0.1, -0.05) is 24.3 Å². The number of methoxy groups -OCH3 is 2. The number of nitrogens with zero attached hydrogens (tertiary/aromatic N) is 1. The Morgan fingerprint density at radius 1 is 1.12 bits per heavy atom. The van der Waals surface area contributed by atoms with Gasteiger partial charge in [-0.25, -0.2) is 0 Å². The van der Waals surface area contributed by atoms with E-state index in [1.54, 1.807) is 32.4 Å². The Bertz CT molecular complexity index is 753. The highest BCUT2D eigenvalue weighted by Gasteiger charge is 2.21. The number of carbonyl (C=O) groups excluding carboxylic acids is 1. The summed E-state index contributed by atoms with van der Waals surface area (Å²) in [6.07, 6.45) is 1.06. The maximum absolute atomic E-state index is 12.5. The molecular formula is C21H26N2O3. The molecule has 1 aliphatic rings. The highest BCUT2D eigenvalue weighted by molar-refractivity contribution is 5.95. The number of ether oxygens (including phenoxy) is 2. The highest BCUT2D eigenvalue weighted by atomic mass is 16.5. The zero-order valence-electron chi connectivity index (χ0n) is 15.6. The molecule has 0 aliphatic carbocycles. The van der Waals surface area contributed by atoms with Crippen molar-refractivity contribution in [2.24, 2.45) is 0 Å². The molecule has 0 spiro atoms. The first-order valence-electron chi connectivity index (χ1n) is 8.93. The summed E-state index contributed by atoms with van der Waals surface area (Å²) in [7, 11) is 3.15. The third kappa shape index (κ3) is 4.17. The predicted octanol–water partition coefficient (Wildman–Crippen LogP) is 2.88. The Morgan fingerprint density at radius 2 is 1.77 bits per heavy atom. The first-order chi connectivity index (χ1) is 12.6. The predicted molar refractivity (Wildman–Crippen MR) is 102 cm³/mol. The van der Waals surface area contributed by atoms with Crippen molar-refractivity contribution in [2.75, 3.05) is 27.3 Å². The zero-order valence-corrected chi connectivity index (χ0v) is 15.6. The molecule has 138 valence electrons. The Hall–Kier alpha value is -2.53. The average molecular weight is 354 g/mol. The summed E-state index contributed by atoms with van der Waals surface area (Å²) in [5, 5.41) is 3.03. The molecule has 0 saturated heterocycles.